The van der Waals surface area contributed by atoms with Crippen molar-refractivity contribution < 1.29 is 23.9 Å². The summed E-state index contributed by atoms with van der Waals surface area (Å²) in [7, 11) is 0. The fourth-order valence-electron chi connectivity index (χ4n) is 2.14. The highest BCUT2D eigenvalue weighted by molar-refractivity contribution is 6.02. The van der Waals surface area contributed by atoms with Crippen molar-refractivity contribution in [2.45, 2.75) is 40.5 Å². The number of hydrogen-bond donors (Lipinski definition) is 0. The van der Waals surface area contributed by atoms with E-state index in [9.17, 15) is 14.4 Å². The number of benzene rings is 1. The van der Waals surface area contributed by atoms with E-state index in [4.69, 9.17) is 9.47 Å². The topological polar surface area (TPSA) is 82.6 Å². The zero-order valence-electron chi connectivity index (χ0n) is 15.5. The second-order valence-electron chi connectivity index (χ2n) is 7.00. The van der Waals surface area contributed by atoms with E-state index >= 15 is 0 Å². The molecule has 0 saturated heterocycles. The van der Waals surface area contributed by atoms with Crippen LogP contribution in [0.15, 0.2) is 24.3 Å². The first-order valence-corrected chi connectivity index (χ1v) is 8.56. The van der Waals surface area contributed by atoms with Crippen molar-refractivity contribution in [3.8, 4) is 5.75 Å². The van der Waals surface area contributed by atoms with Gasteiger partial charge in [-0.25, -0.2) is 9.78 Å². The van der Waals surface area contributed by atoms with Crippen LogP contribution in [0.4, 0.5) is 0 Å². The fourth-order valence-corrected chi connectivity index (χ4v) is 2.14. The molecule has 2 rings (SSSR count). The summed E-state index contributed by atoms with van der Waals surface area (Å²) in [6, 6.07) is 6.47. The van der Waals surface area contributed by atoms with E-state index < -0.39 is 17.4 Å². The molecule has 1 aromatic heterocycles. The fraction of sp³-hybridized carbons (Fsp3) is 0.400. The van der Waals surface area contributed by atoms with Crippen LogP contribution in [-0.4, -0.2) is 29.8 Å². The minimum atomic E-state index is -0.770. The lowest BCUT2D eigenvalue weighted by Gasteiger charge is -2.19. The zero-order valence-corrected chi connectivity index (χ0v) is 15.5. The third-order valence-corrected chi connectivity index (χ3v) is 3.72. The molecule has 6 nitrogen and oxygen atoms in total. The molecule has 6 heteroatoms. The molecule has 0 saturated carbocycles. The molecule has 1 aromatic carbocycles. The molecule has 0 amide bonds. The Kier molecular flexibility index (Phi) is 6.08. The molecule has 0 aliphatic carbocycles. The number of rotatable bonds is 6. The van der Waals surface area contributed by atoms with Gasteiger partial charge in [0.2, 0.25) is 0 Å². The van der Waals surface area contributed by atoms with Gasteiger partial charge in [-0.15, -0.1) is 0 Å². The number of ether oxygens (including phenoxy) is 2. The van der Waals surface area contributed by atoms with E-state index in [1.54, 1.807) is 45.0 Å². The van der Waals surface area contributed by atoms with E-state index in [1.165, 1.54) is 0 Å². The molecule has 0 fully saturated rings. The van der Waals surface area contributed by atoms with Crippen molar-refractivity contribution in [3.63, 3.8) is 0 Å². The van der Waals surface area contributed by atoms with Crippen molar-refractivity contribution in [3.05, 3.63) is 35.5 Å². The van der Waals surface area contributed by atoms with Crippen LogP contribution >= 0.6 is 0 Å². The Morgan fingerprint density at radius 1 is 1.15 bits per heavy atom. The smallest absolute Gasteiger partial charge is 0.342 e. The standard InChI is InChI=1S/C20H23NO5/c1-5-6-11-25-18(23)15-10-8-13-7-9-14(12-22)21-16(13)17(15)26-19(24)20(2,3)4/h7-10,12H,5-6,11H2,1-4H3. The van der Waals surface area contributed by atoms with Gasteiger partial charge in [-0.3, -0.25) is 9.59 Å². The minimum absolute atomic E-state index is 0.0209. The Bertz CT molecular complexity index is 836. The lowest BCUT2D eigenvalue weighted by atomic mass is 9.97. The van der Waals surface area contributed by atoms with E-state index in [0.717, 1.165) is 12.8 Å². The number of fused-ring (bicyclic) bond motifs is 1. The van der Waals surface area contributed by atoms with Gasteiger partial charge in [0.05, 0.1) is 12.0 Å². The molecule has 1 heterocycles. The van der Waals surface area contributed by atoms with Gasteiger partial charge in [0, 0.05) is 5.39 Å². The first-order chi connectivity index (χ1) is 12.3. The predicted octanol–water partition coefficient (Wildman–Crippen LogP) is 3.96. The molecule has 0 unspecified atom stereocenters. The Balaban J connectivity index is 2.55. The molecule has 26 heavy (non-hydrogen) atoms. The molecule has 0 spiro atoms. The Morgan fingerprint density at radius 2 is 1.85 bits per heavy atom. The van der Waals surface area contributed by atoms with E-state index in [-0.39, 0.29) is 29.1 Å². The lowest BCUT2D eigenvalue weighted by Crippen LogP contribution is -2.26. The summed E-state index contributed by atoms with van der Waals surface area (Å²) in [5, 5.41) is 0.650. The van der Waals surface area contributed by atoms with E-state index in [2.05, 4.69) is 4.98 Å². The third-order valence-electron chi connectivity index (χ3n) is 3.72. The summed E-state index contributed by atoms with van der Waals surface area (Å²) in [5.41, 5.74) is -0.200. The van der Waals surface area contributed by atoms with Crippen molar-refractivity contribution in [2.24, 2.45) is 5.41 Å². The van der Waals surface area contributed by atoms with Gasteiger partial charge in [0.25, 0.3) is 0 Å². The van der Waals surface area contributed by atoms with Gasteiger partial charge in [0.1, 0.15) is 16.8 Å². The molecule has 0 N–H and O–H groups in total. The summed E-state index contributed by atoms with van der Waals surface area (Å²) in [5.74, 6) is -1.08. The quantitative estimate of drug-likeness (QED) is 0.337. The predicted molar refractivity (Wildman–Crippen MR) is 97.4 cm³/mol. The Hall–Kier alpha value is -2.76. The summed E-state index contributed by atoms with van der Waals surface area (Å²) >= 11 is 0. The molecule has 0 bridgehead atoms. The normalized spacial score (nSPS) is 11.2. The van der Waals surface area contributed by atoms with Crippen LogP contribution in [0.25, 0.3) is 10.9 Å². The number of aldehydes is 1. The highest BCUT2D eigenvalue weighted by Gasteiger charge is 2.28. The first-order valence-electron chi connectivity index (χ1n) is 8.56. The molecule has 0 atom stereocenters. The van der Waals surface area contributed by atoms with Gasteiger partial charge in [-0.05, 0) is 39.3 Å². The maximum atomic E-state index is 12.5. The van der Waals surface area contributed by atoms with Crippen molar-refractivity contribution in [2.75, 3.05) is 6.61 Å². The van der Waals surface area contributed by atoms with Gasteiger partial charge in [-0.2, -0.15) is 0 Å². The van der Waals surface area contributed by atoms with Crippen LogP contribution in [0.5, 0.6) is 5.75 Å². The second-order valence-corrected chi connectivity index (χ2v) is 7.00. The van der Waals surface area contributed by atoms with E-state index in [1.807, 2.05) is 6.92 Å². The number of aromatic nitrogens is 1. The highest BCUT2D eigenvalue weighted by atomic mass is 16.5. The van der Waals surface area contributed by atoms with Crippen LogP contribution in [0.2, 0.25) is 0 Å². The number of unbranched alkanes of at least 4 members (excludes halogenated alkanes) is 1. The van der Waals surface area contributed by atoms with Crippen LogP contribution in [0, 0.1) is 5.41 Å². The maximum absolute atomic E-state index is 12.5. The molecule has 0 aliphatic heterocycles. The molecule has 138 valence electrons. The van der Waals surface area contributed by atoms with Gasteiger partial charge < -0.3 is 9.47 Å². The zero-order chi connectivity index (χ0) is 19.3. The average Bonchev–Trinajstić information content (AvgIpc) is 2.60. The Morgan fingerprint density at radius 3 is 2.46 bits per heavy atom. The third kappa shape index (κ3) is 4.45. The monoisotopic (exact) mass is 357 g/mol. The second kappa shape index (κ2) is 8.08. The van der Waals surface area contributed by atoms with Gasteiger partial charge in [0.15, 0.2) is 12.0 Å². The number of carbonyl (C=O) groups excluding carboxylic acids is 3. The number of nitrogens with zero attached hydrogens (tertiary/aromatic N) is 1. The van der Waals surface area contributed by atoms with Crippen molar-refractivity contribution >= 4 is 29.1 Å². The SMILES string of the molecule is CCCCOC(=O)c1ccc2ccc(C=O)nc2c1OC(=O)C(C)(C)C. The van der Waals surface area contributed by atoms with Crippen molar-refractivity contribution in [1.29, 1.82) is 0 Å². The molecular weight excluding hydrogens is 334 g/mol. The molecule has 0 radical (unpaired) electrons. The number of esters is 2. The first kappa shape index (κ1) is 19.6. The summed E-state index contributed by atoms with van der Waals surface area (Å²) < 4.78 is 10.8. The maximum Gasteiger partial charge on any atom is 0.342 e. The molecular formula is C20H23NO5. The number of pyridine rings is 1. The summed E-state index contributed by atoms with van der Waals surface area (Å²) in [6.07, 6.45) is 2.23. The van der Waals surface area contributed by atoms with Gasteiger partial charge >= 0.3 is 11.9 Å². The highest BCUT2D eigenvalue weighted by Crippen LogP contribution is 2.31. The van der Waals surface area contributed by atoms with Gasteiger partial charge in [-0.1, -0.05) is 25.5 Å². The minimum Gasteiger partial charge on any atom is -0.462 e. The van der Waals surface area contributed by atoms with Crippen molar-refractivity contribution in [1.82, 2.24) is 4.98 Å². The number of carbonyl (C=O) groups is 3. The van der Waals surface area contributed by atoms with Crippen LogP contribution in [0.1, 0.15) is 61.4 Å². The average molecular weight is 357 g/mol. The summed E-state index contributed by atoms with van der Waals surface area (Å²) in [4.78, 5) is 40.1. The van der Waals surface area contributed by atoms with Crippen LogP contribution in [0.3, 0.4) is 0 Å². The van der Waals surface area contributed by atoms with E-state index in [0.29, 0.717) is 11.7 Å². The van der Waals surface area contributed by atoms with Crippen LogP contribution < -0.4 is 4.74 Å². The molecule has 2 aromatic rings. The number of hydrogen-bond acceptors (Lipinski definition) is 6. The largest absolute Gasteiger partial charge is 0.462 e. The molecule has 0 aliphatic rings. The summed E-state index contributed by atoms with van der Waals surface area (Å²) in [6.45, 7) is 7.41. The lowest BCUT2D eigenvalue weighted by molar-refractivity contribution is -0.142. The van der Waals surface area contributed by atoms with Crippen LogP contribution in [-0.2, 0) is 9.53 Å². The Labute approximate surface area is 152 Å².